The molecule has 17 heavy (non-hydrogen) atoms. The summed E-state index contributed by atoms with van der Waals surface area (Å²) >= 11 is 0. The Morgan fingerprint density at radius 1 is 1.35 bits per heavy atom. The fraction of sp³-hybridized carbons (Fsp3) is 0.364. The van der Waals surface area contributed by atoms with Crippen molar-refractivity contribution in [1.29, 1.82) is 0 Å². The van der Waals surface area contributed by atoms with Gasteiger partial charge in [0.25, 0.3) is 0 Å². The molecule has 0 aromatic heterocycles. The van der Waals surface area contributed by atoms with E-state index in [-0.39, 0.29) is 11.5 Å². The molecule has 1 rings (SSSR count). The lowest BCUT2D eigenvalue weighted by molar-refractivity contribution is 0.0697. The second-order valence-corrected chi connectivity index (χ2v) is 5.88. The number of nitrogens with one attached hydrogen (secondary N) is 1. The molecular weight excluding hydrogens is 242 g/mol. The Kier molecular flexibility index (Phi) is 3.77. The van der Waals surface area contributed by atoms with E-state index < -0.39 is 16.0 Å². The molecule has 6 heteroatoms. The van der Waals surface area contributed by atoms with E-state index in [2.05, 4.69) is 4.72 Å². The van der Waals surface area contributed by atoms with Gasteiger partial charge in [0.05, 0.1) is 17.5 Å². The van der Waals surface area contributed by atoms with Crippen LogP contribution in [0.4, 0.5) is 5.69 Å². The highest BCUT2D eigenvalue weighted by Crippen LogP contribution is 2.26. The topological polar surface area (TPSA) is 83.5 Å². The largest absolute Gasteiger partial charge is 0.478 e. The summed E-state index contributed by atoms with van der Waals surface area (Å²) in [7, 11) is -3.42. The molecule has 0 amide bonds. The maximum atomic E-state index is 11.2. The van der Waals surface area contributed by atoms with Gasteiger partial charge >= 0.3 is 5.97 Å². The van der Waals surface area contributed by atoms with E-state index in [1.165, 1.54) is 12.1 Å². The smallest absolute Gasteiger partial charge is 0.335 e. The molecule has 2 N–H and O–H groups in total. The first kappa shape index (κ1) is 13.5. The molecule has 0 saturated carbocycles. The summed E-state index contributed by atoms with van der Waals surface area (Å²) in [4.78, 5) is 10.8. The van der Waals surface area contributed by atoms with Crippen molar-refractivity contribution in [3.05, 3.63) is 29.3 Å². The summed E-state index contributed by atoms with van der Waals surface area (Å²) in [5, 5.41) is 8.86. The zero-order chi connectivity index (χ0) is 13.2. The van der Waals surface area contributed by atoms with Crippen LogP contribution in [0.3, 0.4) is 0 Å². The zero-order valence-corrected chi connectivity index (χ0v) is 10.7. The number of hydrogen-bond acceptors (Lipinski definition) is 3. The van der Waals surface area contributed by atoms with Gasteiger partial charge in [-0.05, 0) is 23.6 Å². The molecule has 0 saturated heterocycles. The first-order valence-corrected chi connectivity index (χ1v) is 6.95. The van der Waals surface area contributed by atoms with Crippen LogP contribution in [0, 0.1) is 0 Å². The average molecular weight is 257 g/mol. The SMILES string of the molecule is CC(C)c1ccc(C(=O)O)cc1NS(C)(=O)=O. The summed E-state index contributed by atoms with van der Waals surface area (Å²) in [5.74, 6) is -0.987. The highest BCUT2D eigenvalue weighted by Gasteiger charge is 2.13. The Hall–Kier alpha value is -1.56. The van der Waals surface area contributed by atoms with E-state index in [4.69, 9.17) is 5.11 Å². The van der Waals surface area contributed by atoms with Gasteiger partial charge in [0, 0.05) is 0 Å². The van der Waals surface area contributed by atoms with Crippen molar-refractivity contribution in [1.82, 2.24) is 0 Å². The van der Waals surface area contributed by atoms with Gasteiger partial charge in [-0.3, -0.25) is 4.72 Å². The third-order valence-corrected chi connectivity index (χ3v) is 2.81. The van der Waals surface area contributed by atoms with E-state index in [0.717, 1.165) is 11.8 Å². The van der Waals surface area contributed by atoms with Crippen LogP contribution < -0.4 is 4.72 Å². The van der Waals surface area contributed by atoms with Crippen LogP contribution in [0.25, 0.3) is 0 Å². The number of aromatic carboxylic acids is 1. The van der Waals surface area contributed by atoms with Crippen molar-refractivity contribution in [2.45, 2.75) is 19.8 Å². The van der Waals surface area contributed by atoms with Gasteiger partial charge < -0.3 is 5.11 Å². The minimum atomic E-state index is -3.42. The standard InChI is InChI=1S/C11H15NO4S/c1-7(2)9-5-4-8(11(13)14)6-10(9)12-17(3,15)16/h4-7,12H,1-3H3,(H,13,14). The number of sulfonamides is 1. The van der Waals surface area contributed by atoms with Gasteiger partial charge in [0.2, 0.25) is 10.0 Å². The van der Waals surface area contributed by atoms with Crippen LogP contribution in [-0.2, 0) is 10.0 Å². The number of carboxylic acids is 1. The third-order valence-electron chi connectivity index (χ3n) is 2.22. The van der Waals surface area contributed by atoms with Gasteiger partial charge in [-0.1, -0.05) is 19.9 Å². The lowest BCUT2D eigenvalue weighted by atomic mass is 9.99. The number of carboxylic acid groups (broad SMARTS) is 1. The number of carbonyl (C=O) groups is 1. The van der Waals surface area contributed by atoms with E-state index in [1.807, 2.05) is 13.8 Å². The van der Waals surface area contributed by atoms with E-state index in [1.54, 1.807) is 6.07 Å². The first-order chi connectivity index (χ1) is 7.70. The van der Waals surface area contributed by atoms with Crippen molar-refractivity contribution < 1.29 is 18.3 Å². The van der Waals surface area contributed by atoms with Gasteiger partial charge in [-0.25, -0.2) is 13.2 Å². The molecule has 0 unspecified atom stereocenters. The Bertz CT molecular complexity index is 534. The maximum Gasteiger partial charge on any atom is 0.335 e. The number of rotatable bonds is 4. The minimum absolute atomic E-state index is 0.0561. The van der Waals surface area contributed by atoms with Crippen LogP contribution in [0.1, 0.15) is 35.7 Å². The predicted molar refractivity (Wildman–Crippen MR) is 66.0 cm³/mol. The summed E-state index contributed by atoms with van der Waals surface area (Å²) in [5.41, 5.74) is 1.14. The van der Waals surface area contributed by atoms with Gasteiger partial charge in [0.15, 0.2) is 0 Å². The van der Waals surface area contributed by atoms with Gasteiger partial charge in [0.1, 0.15) is 0 Å². The molecule has 1 aromatic carbocycles. The fourth-order valence-corrected chi connectivity index (χ4v) is 2.06. The highest BCUT2D eigenvalue weighted by molar-refractivity contribution is 7.92. The van der Waals surface area contributed by atoms with Crippen LogP contribution in [0.2, 0.25) is 0 Å². The molecule has 0 aliphatic rings. The minimum Gasteiger partial charge on any atom is -0.478 e. The molecule has 0 spiro atoms. The summed E-state index contributed by atoms with van der Waals surface area (Å²) < 4.78 is 24.7. The van der Waals surface area contributed by atoms with Crippen LogP contribution in [-0.4, -0.2) is 25.7 Å². The normalized spacial score (nSPS) is 11.5. The second kappa shape index (κ2) is 4.75. The zero-order valence-electron chi connectivity index (χ0n) is 9.89. The lowest BCUT2D eigenvalue weighted by Gasteiger charge is -2.14. The van der Waals surface area contributed by atoms with Crippen molar-refractivity contribution in [3.63, 3.8) is 0 Å². The fourth-order valence-electron chi connectivity index (χ4n) is 1.48. The van der Waals surface area contributed by atoms with Crippen molar-refractivity contribution >= 4 is 21.7 Å². The van der Waals surface area contributed by atoms with Gasteiger partial charge in [-0.2, -0.15) is 0 Å². The molecule has 0 fully saturated rings. The number of benzene rings is 1. The first-order valence-electron chi connectivity index (χ1n) is 5.05. The Labute approximate surface area is 101 Å². The molecule has 0 bridgehead atoms. The average Bonchev–Trinajstić information content (AvgIpc) is 2.14. The Morgan fingerprint density at radius 2 is 1.94 bits per heavy atom. The van der Waals surface area contributed by atoms with Crippen molar-refractivity contribution in [2.75, 3.05) is 11.0 Å². The third kappa shape index (κ3) is 3.74. The van der Waals surface area contributed by atoms with Crippen LogP contribution >= 0.6 is 0 Å². The monoisotopic (exact) mass is 257 g/mol. The molecule has 5 nitrogen and oxygen atoms in total. The van der Waals surface area contributed by atoms with Crippen molar-refractivity contribution in [3.8, 4) is 0 Å². The van der Waals surface area contributed by atoms with E-state index >= 15 is 0 Å². The Morgan fingerprint density at radius 3 is 2.35 bits per heavy atom. The van der Waals surface area contributed by atoms with Gasteiger partial charge in [-0.15, -0.1) is 0 Å². The molecule has 0 radical (unpaired) electrons. The molecule has 0 aliphatic heterocycles. The quantitative estimate of drug-likeness (QED) is 0.862. The molecular formula is C11H15NO4S. The second-order valence-electron chi connectivity index (χ2n) is 4.14. The predicted octanol–water partition coefficient (Wildman–Crippen LogP) is 1.88. The number of anilines is 1. The number of hydrogen-bond donors (Lipinski definition) is 2. The maximum absolute atomic E-state index is 11.2. The molecule has 1 aromatic rings. The lowest BCUT2D eigenvalue weighted by Crippen LogP contribution is -2.12. The van der Waals surface area contributed by atoms with Crippen LogP contribution in [0.5, 0.6) is 0 Å². The van der Waals surface area contributed by atoms with Crippen molar-refractivity contribution in [2.24, 2.45) is 0 Å². The van der Waals surface area contributed by atoms with Crippen LogP contribution in [0.15, 0.2) is 18.2 Å². The molecule has 0 heterocycles. The summed E-state index contributed by atoms with van der Waals surface area (Å²) in [6.45, 7) is 3.81. The molecule has 0 aliphatic carbocycles. The Balaban J connectivity index is 3.30. The summed E-state index contributed by atoms with van der Waals surface area (Å²) in [6.07, 6.45) is 1.03. The summed E-state index contributed by atoms with van der Waals surface area (Å²) in [6, 6.07) is 4.42. The van der Waals surface area contributed by atoms with E-state index in [9.17, 15) is 13.2 Å². The molecule has 94 valence electrons. The molecule has 0 atom stereocenters. The van der Waals surface area contributed by atoms with E-state index in [0.29, 0.717) is 5.69 Å². The highest BCUT2D eigenvalue weighted by atomic mass is 32.2.